The molecule has 7 heteroatoms. The highest BCUT2D eigenvalue weighted by molar-refractivity contribution is 5.81. The molecule has 0 aliphatic heterocycles. The number of halogens is 3. The first kappa shape index (κ1) is 16.0. The Labute approximate surface area is 113 Å². The van der Waals surface area contributed by atoms with Crippen LogP contribution in [0, 0.1) is 5.92 Å². The molecule has 0 aromatic heterocycles. The van der Waals surface area contributed by atoms with Crippen LogP contribution in [0.3, 0.4) is 0 Å². The van der Waals surface area contributed by atoms with E-state index in [1.807, 2.05) is 0 Å². The monoisotopic (exact) mass is 289 g/mol. The molecule has 0 heterocycles. The third-order valence-electron chi connectivity index (χ3n) is 2.70. The van der Waals surface area contributed by atoms with Crippen molar-refractivity contribution in [2.75, 3.05) is 0 Å². The van der Waals surface area contributed by atoms with E-state index in [0.717, 1.165) is 5.56 Å². The molecule has 20 heavy (non-hydrogen) atoms. The number of nitrogens with one attached hydrogen (secondary N) is 1. The normalized spacial score (nSPS) is 12.8. The molecule has 0 aliphatic rings. The number of aliphatic carboxylic acids is 1. The molecule has 0 fully saturated rings. The van der Waals surface area contributed by atoms with Gasteiger partial charge in [-0.15, -0.1) is 0 Å². The van der Waals surface area contributed by atoms with Gasteiger partial charge in [0.25, 0.3) is 0 Å². The maximum atomic E-state index is 12.0. The Morgan fingerprint density at radius 1 is 1.20 bits per heavy atom. The summed E-state index contributed by atoms with van der Waals surface area (Å²) in [4.78, 5) is 21.3. The number of alkyl halides is 3. The summed E-state index contributed by atoms with van der Waals surface area (Å²) in [5.41, 5.74) is 1.28. The van der Waals surface area contributed by atoms with Crippen LogP contribution in [0.2, 0.25) is 0 Å². The zero-order valence-corrected chi connectivity index (χ0v) is 10.7. The van der Waals surface area contributed by atoms with Gasteiger partial charge in [0.2, 0.25) is 0 Å². The molecule has 0 saturated heterocycles. The van der Waals surface area contributed by atoms with Gasteiger partial charge in [-0.05, 0) is 17.5 Å². The van der Waals surface area contributed by atoms with Crippen molar-refractivity contribution in [3.05, 3.63) is 35.4 Å². The molecule has 1 amide bonds. The van der Waals surface area contributed by atoms with E-state index in [1.54, 1.807) is 36.5 Å². The van der Waals surface area contributed by atoms with E-state index in [2.05, 4.69) is 0 Å². The summed E-state index contributed by atoms with van der Waals surface area (Å²) in [6, 6.07) is 6.38. The minimum Gasteiger partial charge on any atom is -0.481 e. The summed E-state index contributed by atoms with van der Waals surface area (Å²) in [6.07, 6.45) is -4.55. The lowest BCUT2D eigenvalue weighted by atomic mass is 10.0. The fourth-order valence-electron chi connectivity index (χ4n) is 1.52. The van der Waals surface area contributed by atoms with Crippen molar-refractivity contribution in [3.63, 3.8) is 0 Å². The average molecular weight is 289 g/mol. The van der Waals surface area contributed by atoms with Crippen LogP contribution in [0.4, 0.5) is 13.2 Å². The molecule has 1 aromatic rings. The van der Waals surface area contributed by atoms with Crippen molar-refractivity contribution < 1.29 is 27.9 Å². The Bertz CT molecular complexity index is 483. The number of rotatable bonds is 5. The number of carboxylic acid groups (broad SMARTS) is 1. The summed E-state index contributed by atoms with van der Waals surface area (Å²) in [7, 11) is 0. The van der Waals surface area contributed by atoms with Crippen LogP contribution in [0.1, 0.15) is 18.1 Å². The maximum Gasteiger partial charge on any atom is 0.471 e. The number of carbonyl (C=O) groups excluding carboxylic acids is 1. The fraction of sp³-hybridized carbons (Fsp3) is 0.385. The summed E-state index contributed by atoms with van der Waals surface area (Å²) in [5, 5.41) is 10.5. The molecule has 1 atom stereocenters. The Kier molecular flexibility index (Phi) is 5.12. The molecule has 1 aromatic carbocycles. The SMILES string of the molecule is CC(Cc1ccc(CNC(=O)C(F)(F)F)cc1)C(=O)O. The standard InChI is InChI=1S/C13H14F3NO3/c1-8(11(18)19)6-9-2-4-10(5-3-9)7-17-12(20)13(14,15)16/h2-5,8H,6-7H2,1H3,(H,17,20)(H,18,19). The molecule has 0 aliphatic carbocycles. The number of amides is 1. The summed E-state index contributed by atoms with van der Waals surface area (Å²) >= 11 is 0. The van der Waals surface area contributed by atoms with Crippen molar-refractivity contribution in [1.82, 2.24) is 5.32 Å². The molecule has 0 bridgehead atoms. The van der Waals surface area contributed by atoms with Crippen molar-refractivity contribution in [2.45, 2.75) is 26.1 Å². The van der Waals surface area contributed by atoms with Gasteiger partial charge in [0, 0.05) is 6.54 Å². The first-order valence-electron chi connectivity index (χ1n) is 5.86. The lowest BCUT2D eigenvalue weighted by Crippen LogP contribution is -2.36. The summed E-state index contributed by atoms with van der Waals surface area (Å²) in [6.45, 7) is 1.34. The third kappa shape index (κ3) is 4.91. The second-order valence-corrected chi connectivity index (χ2v) is 4.44. The van der Waals surface area contributed by atoms with Crippen LogP contribution < -0.4 is 5.32 Å². The number of benzene rings is 1. The Morgan fingerprint density at radius 3 is 2.15 bits per heavy atom. The lowest BCUT2D eigenvalue weighted by molar-refractivity contribution is -0.173. The van der Waals surface area contributed by atoms with E-state index in [1.165, 1.54) is 0 Å². The van der Waals surface area contributed by atoms with E-state index < -0.39 is 24.0 Å². The molecule has 110 valence electrons. The highest BCUT2D eigenvalue weighted by atomic mass is 19.4. The van der Waals surface area contributed by atoms with Crippen molar-refractivity contribution in [1.29, 1.82) is 0 Å². The van der Waals surface area contributed by atoms with Gasteiger partial charge in [-0.2, -0.15) is 13.2 Å². The summed E-state index contributed by atoms with van der Waals surface area (Å²) in [5.74, 6) is -3.43. The first-order valence-corrected chi connectivity index (χ1v) is 5.86. The molecule has 0 radical (unpaired) electrons. The highest BCUT2D eigenvalue weighted by Gasteiger charge is 2.38. The first-order chi connectivity index (χ1) is 9.20. The van der Waals surface area contributed by atoms with Crippen LogP contribution in [-0.4, -0.2) is 23.2 Å². The quantitative estimate of drug-likeness (QED) is 0.872. The highest BCUT2D eigenvalue weighted by Crippen LogP contribution is 2.15. The molecular formula is C13H14F3NO3. The topological polar surface area (TPSA) is 66.4 Å². The van der Waals surface area contributed by atoms with Gasteiger partial charge in [0.1, 0.15) is 0 Å². The van der Waals surface area contributed by atoms with Crippen molar-refractivity contribution in [2.24, 2.45) is 5.92 Å². The van der Waals surface area contributed by atoms with E-state index in [9.17, 15) is 22.8 Å². The number of carboxylic acids is 1. The maximum absolute atomic E-state index is 12.0. The van der Waals surface area contributed by atoms with Gasteiger partial charge in [-0.25, -0.2) is 0 Å². The molecule has 4 nitrogen and oxygen atoms in total. The van der Waals surface area contributed by atoms with E-state index in [0.29, 0.717) is 12.0 Å². The van der Waals surface area contributed by atoms with Gasteiger partial charge >= 0.3 is 18.1 Å². The average Bonchev–Trinajstić information content (AvgIpc) is 2.36. The molecule has 2 N–H and O–H groups in total. The van der Waals surface area contributed by atoms with Gasteiger partial charge in [0.05, 0.1) is 5.92 Å². The second-order valence-electron chi connectivity index (χ2n) is 4.44. The van der Waals surface area contributed by atoms with Gasteiger partial charge < -0.3 is 10.4 Å². The van der Waals surface area contributed by atoms with E-state index in [4.69, 9.17) is 5.11 Å². The van der Waals surface area contributed by atoms with Crippen LogP contribution >= 0.6 is 0 Å². The van der Waals surface area contributed by atoms with Gasteiger partial charge in [-0.3, -0.25) is 9.59 Å². The van der Waals surface area contributed by atoms with Gasteiger partial charge in [-0.1, -0.05) is 31.2 Å². The second kappa shape index (κ2) is 6.40. The van der Waals surface area contributed by atoms with Crippen molar-refractivity contribution >= 4 is 11.9 Å². The smallest absolute Gasteiger partial charge is 0.471 e. The lowest BCUT2D eigenvalue weighted by Gasteiger charge is -2.09. The summed E-state index contributed by atoms with van der Waals surface area (Å²) < 4.78 is 35.9. The Balaban J connectivity index is 2.55. The molecule has 1 unspecified atom stereocenters. The van der Waals surface area contributed by atoms with Crippen LogP contribution in [0.25, 0.3) is 0 Å². The van der Waals surface area contributed by atoms with Crippen LogP contribution in [0.15, 0.2) is 24.3 Å². The fourth-order valence-corrected chi connectivity index (χ4v) is 1.52. The number of hydrogen-bond donors (Lipinski definition) is 2. The van der Waals surface area contributed by atoms with E-state index in [-0.39, 0.29) is 6.54 Å². The third-order valence-corrected chi connectivity index (χ3v) is 2.70. The molecule has 0 spiro atoms. The number of hydrogen-bond acceptors (Lipinski definition) is 2. The largest absolute Gasteiger partial charge is 0.481 e. The van der Waals surface area contributed by atoms with E-state index >= 15 is 0 Å². The minimum absolute atomic E-state index is 0.229. The van der Waals surface area contributed by atoms with Crippen LogP contribution in [0.5, 0.6) is 0 Å². The zero-order chi connectivity index (χ0) is 15.3. The molecular weight excluding hydrogens is 275 g/mol. The Hall–Kier alpha value is -2.05. The zero-order valence-electron chi connectivity index (χ0n) is 10.7. The predicted molar refractivity (Wildman–Crippen MR) is 64.8 cm³/mol. The van der Waals surface area contributed by atoms with Crippen LogP contribution in [-0.2, 0) is 22.6 Å². The molecule has 0 saturated carbocycles. The Morgan fingerprint density at radius 2 is 1.70 bits per heavy atom. The minimum atomic E-state index is -4.89. The predicted octanol–water partition coefficient (Wildman–Crippen LogP) is 2.13. The number of carbonyl (C=O) groups is 2. The molecule has 1 rings (SSSR count). The van der Waals surface area contributed by atoms with Crippen molar-refractivity contribution in [3.8, 4) is 0 Å². The van der Waals surface area contributed by atoms with Gasteiger partial charge in [0.15, 0.2) is 0 Å².